The minimum Gasteiger partial charge on any atom is -0.492 e. The maximum absolute atomic E-state index is 12.8. The molecule has 0 spiro atoms. The summed E-state index contributed by atoms with van der Waals surface area (Å²) >= 11 is 0. The molecule has 1 aromatic carbocycles. The molecule has 0 bridgehead atoms. The number of nitrogens with two attached hydrogens (primary N) is 1. The van der Waals surface area contributed by atoms with E-state index in [-0.39, 0.29) is 11.9 Å². The molecule has 0 radical (unpaired) electrons. The molecule has 2 unspecified atom stereocenters. The van der Waals surface area contributed by atoms with E-state index >= 15 is 0 Å². The Morgan fingerprint density at radius 3 is 2.56 bits per heavy atom. The zero-order valence-corrected chi connectivity index (χ0v) is 15.9. The fourth-order valence-electron chi connectivity index (χ4n) is 3.43. The van der Waals surface area contributed by atoms with E-state index in [4.69, 9.17) is 10.5 Å². The molecule has 5 nitrogen and oxygen atoms in total. The van der Waals surface area contributed by atoms with Gasteiger partial charge in [0.2, 0.25) is 0 Å². The average Bonchev–Trinajstić information content (AvgIpc) is 2.65. The Morgan fingerprint density at radius 2 is 1.96 bits per heavy atom. The van der Waals surface area contributed by atoms with Gasteiger partial charge in [0, 0.05) is 31.2 Å². The number of hydrogen-bond acceptors (Lipinski definition) is 4. The summed E-state index contributed by atoms with van der Waals surface area (Å²) < 4.78 is 5.79. The number of nitrogens with zero attached hydrogens (tertiary/aromatic N) is 2. The van der Waals surface area contributed by atoms with E-state index in [1.165, 1.54) is 0 Å². The maximum atomic E-state index is 12.8. The monoisotopic (exact) mass is 347 g/mol. The van der Waals surface area contributed by atoms with E-state index < -0.39 is 0 Å². The smallest absolute Gasteiger partial charge is 0.254 e. The van der Waals surface area contributed by atoms with Gasteiger partial charge in [-0.15, -0.1) is 0 Å². The van der Waals surface area contributed by atoms with Crippen LogP contribution in [-0.4, -0.2) is 61.1 Å². The fraction of sp³-hybridized carbons (Fsp3) is 0.650. The van der Waals surface area contributed by atoms with Crippen molar-refractivity contribution in [1.82, 2.24) is 9.80 Å². The summed E-state index contributed by atoms with van der Waals surface area (Å²) in [4.78, 5) is 17.1. The molecule has 1 fully saturated rings. The molecule has 0 saturated carbocycles. The van der Waals surface area contributed by atoms with E-state index in [9.17, 15) is 4.79 Å². The quantitative estimate of drug-likeness (QED) is 0.785. The number of amides is 1. The normalized spacial score (nSPS) is 20.8. The van der Waals surface area contributed by atoms with Gasteiger partial charge < -0.3 is 20.3 Å². The second-order valence-electron chi connectivity index (χ2n) is 6.92. The Labute approximate surface area is 152 Å². The van der Waals surface area contributed by atoms with Crippen LogP contribution < -0.4 is 10.5 Å². The lowest BCUT2D eigenvalue weighted by Crippen LogP contribution is -2.49. The summed E-state index contributed by atoms with van der Waals surface area (Å²) in [5.74, 6) is 1.53. The van der Waals surface area contributed by atoms with Gasteiger partial charge in [0.15, 0.2) is 0 Å². The van der Waals surface area contributed by atoms with Gasteiger partial charge in [-0.25, -0.2) is 0 Å². The fourth-order valence-corrected chi connectivity index (χ4v) is 3.43. The van der Waals surface area contributed by atoms with Gasteiger partial charge in [-0.05, 0) is 56.1 Å². The van der Waals surface area contributed by atoms with Gasteiger partial charge in [0.05, 0.1) is 0 Å². The van der Waals surface area contributed by atoms with E-state index in [2.05, 4.69) is 25.7 Å². The second-order valence-corrected chi connectivity index (χ2v) is 6.92. The highest BCUT2D eigenvalue weighted by Crippen LogP contribution is 2.24. The Hall–Kier alpha value is -1.59. The molecule has 2 rings (SSSR count). The first-order valence-electron chi connectivity index (χ1n) is 9.55. The minimum atomic E-state index is 0.0806. The van der Waals surface area contributed by atoms with Crippen LogP contribution in [0.2, 0.25) is 0 Å². The van der Waals surface area contributed by atoms with Crippen molar-refractivity contribution in [3.8, 4) is 5.75 Å². The van der Waals surface area contributed by atoms with Gasteiger partial charge >= 0.3 is 0 Å². The highest BCUT2D eigenvalue weighted by Gasteiger charge is 2.29. The summed E-state index contributed by atoms with van der Waals surface area (Å²) in [6, 6.07) is 7.65. The predicted octanol–water partition coefficient (Wildman–Crippen LogP) is 2.61. The van der Waals surface area contributed by atoms with Gasteiger partial charge in [-0.2, -0.15) is 0 Å². The molecule has 5 heteroatoms. The number of likely N-dealkylation sites (tertiary alicyclic amines) is 1. The summed E-state index contributed by atoms with van der Waals surface area (Å²) in [5, 5.41) is 0. The largest absolute Gasteiger partial charge is 0.492 e. The van der Waals surface area contributed by atoms with Crippen LogP contribution in [0.15, 0.2) is 24.3 Å². The number of likely N-dealkylation sites (N-methyl/N-ethyl adjacent to an activating group) is 1. The van der Waals surface area contributed by atoms with Gasteiger partial charge in [-0.1, -0.05) is 20.8 Å². The van der Waals surface area contributed by atoms with Crippen molar-refractivity contribution in [2.45, 2.75) is 39.7 Å². The summed E-state index contributed by atoms with van der Waals surface area (Å²) in [6.45, 7) is 11.5. The van der Waals surface area contributed by atoms with Crippen LogP contribution in [-0.2, 0) is 0 Å². The summed E-state index contributed by atoms with van der Waals surface area (Å²) in [5.41, 5.74) is 6.59. The van der Waals surface area contributed by atoms with Crippen molar-refractivity contribution in [2.75, 3.05) is 39.3 Å². The molecule has 2 N–H and O–H groups in total. The molecule has 2 atom stereocenters. The van der Waals surface area contributed by atoms with Crippen LogP contribution in [0.25, 0.3) is 0 Å². The van der Waals surface area contributed by atoms with E-state index in [1.54, 1.807) is 0 Å². The van der Waals surface area contributed by atoms with E-state index in [0.717, 1.165) is 44.8 Å². The number of piperidine rings is 1. The third kappa shape index (κ3) is 5.44. The van der Waals surface area contributed by atoms with Crippen LogP contribution >= 0.6 is 0 Å². The number of ether oxygens (including phenoxy) is 1. The molecule has 25 heavy (non-hydrogen) atoms. The number of hydrogen-bond donors (Lipinski definition) is 1. The molecule has 1 aromatic rings. The molecule has 0 aliphatic carbocycles. The number of carbonyl (C=O) groups excluding carboxylic acids is 1. The molecule has 1 aliphatic heterocycles. The lowest BCUT2D eigenvalue weighted by molar-refractivity contribution is 0.0573. The molecule has 0 aromatic heterocycles. The first-order valence-corrected chi connectivity index (χ1v) is 9.55. The minimum absolute atomic E-state index is 0.0806. The highest BCUT2D eigenvalue weighted by atomic mass is 16.5. The zero-order chi connectivity index (χ0) is 18.2. The van der Waals surface area contributed by atoms with E-state index in [0.29, 0.717) is 24.6 Å². The Kier molecular flexibility index (Phi) is 7.72. The highest BCUT2D eigenvalue weighted by molar-refractivity contribution is 5.94. The van der Waals surface area contributed by atoms with Crippen LogP contribution in [0.4, 0.5) is 0 Å². The van der Waals surface area contributed by atoms with E-state index in [1.807, 2.05) is 29.2 Å². The number of carbonyl (C=O) groups is 1. The molecule has 1 heterocycles. The van der Waals surface area contributed by atoms with Crippen molar-refractivity contribution in [2.24, 2.45) is 11.7 Å². The Morgan fingerprint density at radius 1 is 1.28 bits per heavy atom. The number of benzene rings is 1. The lowest BCUT2D eigenvalue weighted by atomic mass is 9.92. The van der Waals surface area contributed by atoms with Crippen molar-refractivity contribution < 1.29 is 9.53 Å². The van der Waals surface area contributed by atoms with Crippen molar-refractivity contribution in [1.29, 1.82) is 0 Å². The van der Waals surface area contributed by atoms with Gasteiger partial charge in [0.1, 0.15) is 12.4 Å². The first-order chi connectivity index (χ1) is 12.1. The summed E-state index contributed by atoms with van der Waals surface area (Å²) in [7, 11) is 0. The second kappa shape index (κ2) is 9.78. The van der Waals surface area contributed by atoms with Crippen molar-refractivity contribution >= 4 is 5.91 Å². The molecular weight excluding hydrogens is 314 g/mol. The standard InChI is InChI=1S/C20H33N3O2/c1-4-22(5-2)12-13-25-19-8-6-17(7-9-19)20(24)23-11-10-16(3)14-18(23)15-21/h6-9,16,18H,4-5,10-15,21H2,1-3H3. The molecule has 1 saturated heterocycles. The molecule has 1 amide bonds. The van der Waals surface area contributed by atoms with Crippen molar-refractivity contribution in [3.63, 3.8) is 0 Å². The van der Waals surface area contributed by atoms with Crippen LogP contribution in [0, 0.1) is 5.92 Å². The van der Waals surface area contributed by atoms with Gasteiger partial charge in [0.25, 0.3) is 5.91 Å². The van der Waals surface area contributed by atoms with Crippen LogP contribution in [0.5, 0.6) is 5.75 Å². The number of rotatable bonds is 8. The average molecular weight is 348 g/mol. The Bertz CT molecular complexity index is 528. The topological polar surface area (TPSA) is 58.8 Å². The Balaban J connectivity index is 1.91. The molecule has 1 aliphatic rings. The zero-order valence-electron chi connectivity index (χ0n) is 15.9. The third-order valence-corrected chi connectivity index (χ3v) is 5.18. The lowest BCUT2D eigenvalue weighted by Gasteiger charge is -2.38. The van der Waals surface area contributed by atoms with Crippen LogP contribution in [0.3, 0.4) is 0 Å². The molecular formula is C20H33N3O2. The molecule has 140 valence electrons. The van der Waals surface area contributed by atoms with Gasteiger partial charge in [-0.3, -0.25) is 4.79 Å². The summed E-state index contributed by atoms with van der Waals surface area (Å²) in [6.07, 6.45) is 2.05. The van der Waals surface area contributed by atoms with Crippen LogP contribution in [0.1, 0.15) is 44.0 Å². The first kappa shape index (κ1) is 19.7. The predicted molar refractivity (Wildman–Crippen MR) is 102 cm³/mol. The SMILES string of the molecule is CCN(CC)CCOc1ccc(C(=O)N2CCC(C)CC2CN)cc1. The third-order valence-electron chi connectivity index (χ3n) is 5.18. The maximum Gasteiger partial charge on any atom is 0.254 e. The van der Waals surface area contributed by atoms with Crippen molar-refractivity contribution in [3.05, 3.63) is 29.8 Å².